The van der Waals surface area contributed by atoms with E-state index >= 15 is 0 Å². The average molecular weight is 343 g/mol. The summed E-state index contributed by atoms with van der Waals surface area (Å²) < 4.78 is 22.0. The molecule has 0 aliphatic carbocycles. The number of amides is 1. The SMILES string of the molecule is N#Cc1ccc(CCC(=O)Nc2ccc(CS(N)(=O)=O)cc2)cc1. The molecule has 0 spiro atoms. The lowest BCUT2D eigenvalue weighted by Crippen LogP contribution is -2.15. The van der Waals surface area contributed by atoms with E-state index < -0.39 is 10.0 Å². The first-order valence-corrected chi connectivity index (χ1v) is 8.95. The van der Waals surface area contributed by atoms with Crippen LogP contribution in [0.2, 0.25) is 0 Å². The number of primary sulfonamides is 1. The summed E-state index contributed by atoms with van der Waals surface area (Å²) in [5, 5.41) is 16.5. The second kappa shape index (κ2) is 7.73. The number of nitrogens with one attached hydrogen (secondary N) is 1. The molecule has 6 nitrogen and oxygen atoms in total. The first kappa shape index (κ1) is 17.7. The van der Waals surface area contributed by atoms with E-state index in [1.54, 1.807) is 36.4 Å². The zero-order chi connectivity index (χ0) is 17.6. The fourth-order valence-electron chi connectivity index (χ4n) is 2.14. The molecular formula is C17H17N3O3S. The number of anilines is 1. The van der Waals surface area contributed by atoms with Gasteiger partial charge in [-0.05, 0) is 41.8 Å². The third-order valence-electron chi connectivity index (χ3n) is 3.33. The number of carbonyl (C=O) groups excluding carboxylic acids is 1. The maximum absolute atomic E-state index is 11.9. The number of sulfonamides is 1. The fraction of sp³-hybridized carbons (Fsp3) is 0.176. The van der Waals surface area contributed by atoms with Crippen LogP contribution in [0.1, 0.15) is 23.1 Å². The Balaban J connectivity index is 1.86. The number of nitrogens with zero attached hydrogens (tertiary/aromatic N) is 1. The van der Waals surface area contributed by atoms with Gasteiger partial charge in [-0.1, -0.05) is 24.3 Å². The monoisotopic (exact) mass is 343 g/mol. The minimum absolute atomic E-state index is 0.140. The molecule has 0 aliphatic rings. The molecule has 0 heterocycles. The molecule has 24 heavy (non-hydrogen) atoms. The number of nitrogens with two attached hydrogens (primary N) is 1. The summed E-state index contributed by atoms with van der Waals surface area (Å²) in [5.41, 5.74) is 2.72. The Labute approximate surface area is 141 Å². The number of benzene rings is 2. The van der Waals surface area contributed by atoms with E-state index in [-0.39, 0.29) is 11.7 Å². The fourth-order valence-corrected chi connectivity index (χ4v) is 2.80. The highest BCUT2D eigenvalue weighted by Crippen LogP contribution is 2.12. The smallest absolute Gasteiger partial charge is 0.224 e. The largest absolute Gasteiger partial charge is 0.326 e. The normalized spacial score (nSPS) is 10.8. The van der Waals surface area contributed by atoms with Crippen molar-refractivity contribution in [2.24, 2.45) is 5.14 Å². The van der Waals surface area contributed by atoms with Crippen LogP contribution in [0.5, 0.6) is 0 Å². The van der Waals surface area contributed by atoms with Crippen molar-refractivity contribution < 1.29 is 13.2 Å². The Kier molecular flexibility index (Phi) is 5.68. The number of hydrogen-bond acceptors (Lipinski definition) is 4. The Morgan fingerprint density at radius 2 is 1.62 bits per heavy atom. The van der Waals surface area contributed by atoms with E-state index in [1.807, 2.05) is 18.2 Å². The summed E-state index contributed by atoms with van der Waals surface area (Å²) in [6.45, 7) is 0. The third-order valence-corrected chi connectivity index (χ3v) is 4.07. The molecule has 0 atom stereocenters. The summed E-state index contributed by atoms with van der Waals surface area (Å²) in [5.74, 6) is -0.376. The molecule has 124 valence electrons. The van der Waals surface area contributed by atoms with Crippen molar-refractivity contribution in [3.8, 4) is 6.07 Å². The molecule has 2 rings (SSSR count). The molecule has 2 aromatic rings. The lowest BCUT2D eigenvalue weighted by Gasteiger charge is -2.07. The van der Waals surface area contributed by atoms with E-state index in [9.17, 15) is 13.2 Å². The van der Waals surface area contributed by atoms with Gasteiger partial charge in [0.1, 0.15) is 0 Å². The summed E-state index contributed by atoms with van der Waals surface area (Å²) in [6, 6.07) is 15.6. The van der Waals surface area contributed by atoms with Crippen molar-refractivity contribution >= 4 is 21.6 Å². The van der Waals surface area contributed by atoms with Crippen LogP contribution in [0.3, 0.4) is 0 Å². The van der Waals surface area contributed by atoms with Gasteiger partial charge in [-0.15, -0.1) is 0 Å². The quantitative estimate of drug-likeness (QED) is 0.834. The first-order chi connectivity index (χ1) is 11.4. The van der Waals surface area contributed by atoms with Gasteiger partial charge in [0, 0.05) is 12.1 Å². The molecule has 0 aliphatic heterocycles. The predicted molar refractivity (Wildman–Crippen MR) is 91.4 cm³/mol. The number of rotatable bonds is 6. The zero-order valence-electron chi connectivity index (χ0n) is 12.9. The molecule has 0 fully saturated rings. The van der Waals surface area contributed by atoms with E-state index in [4.69, 9.17) is 10.4 Å². The average Bonchev–Trinajstić information content (AvgIpc) is 2.54. The van der Waals surface area contributed by atoms with Crippen molar-refractivity contribution in [1.29, 1.82) is 5.26 Å². The van der Waals surface area contributed by atoms with E-state index in [0.29, 0.717) is 29.7 Å². The van der Waals surface area contributed by atoms with Crippen molar-refractivity contribution in [2.45, 2.75) is 18.6 Å². The molecule has 0 radical (unpaired) electrons. The summed E-state index contributed by atoms with van der Waals surface area (Å²) in [6.07, 6.45) is 0.881. The molecule has 0 unspecified atom stereocenters. The molecular weight excluding hydrogens is 326 g/mol. The van der Waals surface area contributed by atoms with Gasteiger partial charge in [0.2, 0.25) is 15.9 Å². The van der Waals surface area contributed by atoms with Gasteiger partial charge in [-0.25, -0.2) is 13.6 Å². The van der Waals surface area contributed by atoms with Crippen molar-refractivity contribution in [2.75, 3.05) is 5.32 Å². The van der Waals surface area contributed by atoms with E-state index in [1.165, 1.54) is 0 Å². The maximum atomic E-state index is 11.9. The van der Waals surface area contributed by atoms with Gasteiger partial charge >= 0.3 is 0 Å². The molecule has 0 saturated carbocycles. The van der Waals surface area contributed by atoms with E-state index in [0.717, 1.165) is 5.56 Å². The molecule has 0 saturated heterocycles. The van der Waals surface area contributed by atoms with Crippen LogP contribution in [0.25, 0.3) is 0 Å². The number of nitriles is 1. The van der Waals surface area contributed by atoms with Gasteiger partial charge in [0.25, 0.3) is 0 Å². The van der Waals surface area contributed by atoms with Crippen LogP contribution in [0.4, 0.5) is 5.69 Å². The minimum atomic E-state index is -3.56. The van der Waals surface area contributed by atoms with Gasteiger partial charge < -0.3 is 5.32 Å². The van der Waals surface area contributed by atoms with Gasteiger partial charge in [-0.2, -0.15) is 5.26 Å². The first-order valence-electron chi connectivity index (χ1n) is 7.24. The zero-order valence-corrected chi connectivity index (χ0v) is 13.7. The van der Waals surface area contributed by atoms with Crippen molar-refractivity contribution in [3.05, 3.63) is 65.2 Å². The standard InChI is InChI=1S/C17H17N3O3S/c18-11-14-3-1-13(2-4-14)7-10-17(21)20-16-8-5-15(6-9-16)12-24(19,22)23/h1-6,8-9H,7,10,12H2,(H,20,21)(H2,19,22,23). The van der Waals surface area contributed by atoms with Crippen LogP contribution in [-0.2, 0) is 27.0 Å². The Bertz CT molecular complexity index is 851. The number of aryl methyl sites for hydroxylation is 1. The summed E-state index contributed by atoms with van der Waals surface area (Å²) >= 11 is 0. The van der Waals surface area contributed by atoms with E-state index in [2.05, 4.69) is 5.32 Å². The third kappa shape index (κ3) is 5.83. The summed E-state index contributed by atoms with van der Waals surface area (Å²) in [4.78, 5) is 11.9. The lowest BCUT2D eigenvalue weighted by molar-refractivity contribution is -0.116. The van der Waals surface area contributed by atoms with Crippen molar-refractivity contribution in [3.63, 3.8) is 0 Å². The molecule has 1 amide bonds. The molecule has 3 N–H and O–H groups in total. The lowest BCUT2D eigenvalue weighted by atomic mass is 10.1. The van der Waals surface area contributed by atoms with Gasteiger partial charge in [0.05, 0.1) is 17.4 Å². The highest BCUT2D eigenvalue weighted by molar-refractivity contribution is 7.88. The van der Waals surface area contributed by atoms with Gasteiger partial charge in [0.15, 0.2) is 0 Å². The Morgan fingerprint density at radius 3 is 2.17 bits per heavy atom. The second-order valence-electron chi connectivity index (χ2n) is 5.36. The summed E-state index contributed by atoms with van der Waals surface area (Å²) in [7, 11) is -3.56. The van der Waals surface area contributed by atoms with Crippen LogP contribution >= 0.6 is 0 Å². The van der Waals surface area contributed by atoms with Gasteiger partial charge in [-0.3, -0.25) is 4.79 Å². The Hall–Kier alpha value is -2.69. The number of carbonyl (C=O) groups is 1. The number of hydrogen-bond donors (Lipinski definition) is 2. The second-order valence-corrected chi connectivity index (χ2v) is 6.98. The highest BCUT2D eigenvalue weighted by Gasteiger charge is 2.06. The maximum Gasteiger partial charge on any atom is 0.224 e. The Morgan fingerprint density at radius 1 is 1.04 bits per heavy atom. The topological polar surface area (TPSA) is 113 Å². The van der Waals surface area contributed by atoms with Crippen LogP contribution in [-0.4, -0.2) is 14.3 Å². The predicted octanol–water partition coefficient (Wildman–Crippen LogP) is 1.92. The van der Waals surface area contributed by atoms with Crippen LogP contribution in [0.15, 0.2) is 48.5 Å². The minimum Gasteiger partial charge on any atom is -0.326 e. The van der Waals surface area contributed by atoms with Crippen LogP contribution in [0, 0.1) is 11.3 Å². The highest BCUT2D eigenvalue weighted by atomic mass is 32.2. The molecule has 2 aromatic carbocycles. The molecule has 7 heteroatoms. The molecule has 0 bridgehead atoms. The molecule has 0 aromatic heterocycles. The van der Waals surface area contributed by atoms with Crippen molar-refractivity contribution in [1.82, 2.24) is 0 Å². The van der Waals surface area contributed by atoms with Crippen LogP contribution < -0.4 is 10.5 Å².